The van der Waals surface area contributed by atoms with E-state index >= 15 is 0 Å². The maximum Gasteiger partial charge on any atom is 0.264 e. The van der Waals surface area contributed by atoms with Crippen molar-refractivity contribution in [3.8, 4) is 0 Å². The number of nitrogens with zero attached hydrogens (tertiary/aromatic N) is 1. The van der Waals surface area contributed by atoms with E-state index in [1.54, 1.807) is 12.1 Å². The van der Waals surface area contributed by atoms with Crippen LogP contribution in [0.4, 0.5) is 5.69 Å². The third-order valence-electron chi connectivity index (χ3n) is 8.92. The fourth-order valence-corrected chi connectivity index (χ4v) is 5.88. The molecule has 3 rings (SSSR count). The van der Waals surface area contributed by atoms with Crippen molar-refractivity contribution in [1.29, 1.82) is 0 Å². The van der Waals surface area contributed by atoms with Crippen LogP contribution >= 0.6 is 0 Å². The van der Waals surface area contributed by atoms with Crippen molar-refractivity contribution in [2.45, 2.75) is 44.6 Å². The summed E-state index contributed by atoms with van der Waals surface area (Å²) in [6.07, 6.45) is 2.44. The van der Waals surface area contributed by atoms with Gasteiger partial charge in [-0.2, -0.15) is 0 Å². The summed E-state index contributed by atoms with van der Waals surface area (Å²) in [5.41, 5.74) is 5.71. The molecule has 1 aromatic carbocycles. The summed E-state index contributed by atoms with van der Waals surface area (Å²) in [7, 11) is 0. The van der Waals surface area contributed by atoms with Crippen LogP contribution in [0, 0.1) is 0 Å². The van der Waals surface area contributed by atoms with E-state index in [2.05, 4.69) is 10.6 Å². The van der Waals surface area contributed by atoms with Crippen LogP contribution in [0.15, 0.2) is 18.2 Å². The standard InChI is InChI=1S/C41H66N4O16/c42-10-12-52-14-16-54-18-20-56-22-24-58-26-28-60-30-32-61-31-29-59-27-25-57-23-21-55-19-17-53-15-13-51-11-3-1-2-7-36(46)43-34-6-4-5-33-38(34)41(50)45(40(33)49)35-8-9-37(47)44-39(35)48/h4-6,35H,1-3,7-32,42H2,(H,43,46)(H,44,47,48). The molecule has 0 bridgehead atoms. The number of amides is 5. The van der Waals surface area contributed by atoms with Gasteiger partial charge in [0.05, 0.1) is 156 Å². The molecule has 20 nitrogen and oxygen atoms in total. The average Bonchev–Trinajstić information content (AvgIpc) is 3.50. The number of fused-ring (bicyclic) bond motifs is 1. The number of ether oxygens (including phenoxy) is 11. The second kappa shape index (κ2) is 34.0. The quantitative estimate of drug-likeness (QED) is 0.0608. The summed E-state index contributed by atoms with van der Waals surface area (Å²) < 4.78 is 60.0. The first kappa shape index (κ1) is 51.8. The Morgan fingerprint density at radius 3 is 1.43 bits per heavy atom. The predicted molar refractivity (Wildman–Crippen MR) is 218 cm³/mol. The molecule has 1 aromatic rings. The molecule has 1 fully saturated rings. The van der Waals surface area contributed by atoms with Crippen LogP contribution in [-0.2, 0) is 66.5 Å². The number of anilines is 1. The molecule has 0 saturated carbocycles. The molecule has 2 heterocycles. The maximum atomic E-state index is 13.2. The van der Waals surface area contributed by atoms with Crippen molar-refractivity contribution >= 4 is 35.2 Å². The molecule has 0 aliphatic carbocycles. The molecule has 1 unspecified atom stereocenters. The lowest BCUT2D eigenvalue weighted by Crippen LogP contribution is -2.54. The summed E-state index contributed by atoms with van der Waals surface area (Å²) >= 11 is 0. The van der Waals surface area contributed by atoms with E-state index in [0.29, 0.717) is 158 Å². The van der Waals surface area contributed by atoms with E-state index in [-0.39, 0.29) is 42.0 Å². The number of carbonyl (C=O) groups excluding carboxylic acids is 5. The number of rotatable bonds is 40. The van der Waals surface area contributed by atoms with Crippen molar-refractivity contribution in [3.05, 3.63) is 29.3 Å². The van der Waals surface area contributed by atoms with Gasteiger partial charge in [-0.15, -0.1) is 0 Å². The third-order valence-corrected chi connectivity index (χ3v) is 8.92. The molecule has 20 heteroatoms. The van der Waals surface area contributed by atoms with Gasteiger partial charge >= 0.3 is 0 Å². The Morgan fingerprint density at radius 2 is 1.00 bits per heavy atom. The van der Waals surface area contributed by atoms with Gasteiger partial charge in [0.25, 0.3) is 11.8 Å². The van der Waals surface area contributed by atoms with Crippen LogP contribution < -0.4 is 16.4 Å². The number of benzene rings is 1. The zero-order valence-electron chi connectivity index (χ0n) is 35.4. The van der Waals surface area contributed by atoms with E-state index in [4.69, 9.17) is 57.8 Å². The lowest BCUT2D eigenvalue weighted by Gasteiger charge is -2.27. The minimum absolute atomic E-state index is 0.0270. The Bertz CT molecular complexity index is 1410. The van der Waals surface area contributed by atoms with Gasteiger partial charge in [0, 0.05) is 26.0 Å². The molecule has 0 aromatic heterocycles. The largest absolute Gasteiger partial charge is 0.379 e. The first-order chi connectivity index (χ1) is 29.9. The number of unbranched alkanes of at least 4 members (excludes halogenated alkanes) is 2. The van der Waals surface area contributed by atoms with E-state index in [9.17, 15) is 24.0 Å². The predicted octanol–water partition coefficient (Wildman–Crippen LogP) is 0.728. The maximum absolute atomic E-state index is 13.2. The smallest absolute Gasteiger partial charge is 0.264 e. The van der Waals surface area contributed by atoms with Gasteiger partial charge in [-0.05, 0) is 31.4 Å². The third kappa shape index (κ3) is 22.4. The van der Waals surface area contributed by atoms with Crippen molar-refractivity contribution in [3.63, 3.8) is 0 Å². The Hall–Kier alpha value is -3.51. The Labute approximate surface area is 357 Å². The molecule has 2 aliphatic heterocycles. The Morgan fingerprint density at radius 1 is 0.574 bits per heavy atom. The zero-order chi connectivity index (χ0) is 43.6. The van der Waals surface area contributed by atoms with Crippen molar-refractivity contribution in [2.24, 2.45) is 5.73 Å². The monoisotopic (exact) mass is 870 g/mol. The highest BCUT2D eigenvalue weighted by Gasteiger charge is 2.45. The minimum Gasteiger partial charge on any atom is -0.379 e. The fraction of sp³-hybridized carbons (Fsp3) is 0.732. The van der Waals surface area contributed by atoms with Crippen molar-refractivity contribution in [1.82, 2.24) is 10.2 Å². The Kier molecular flexibility index (Phi) is 28.9. The normalized spacial score (nSPS) is 15.2. The number of nitrogens with two attached hydrogens (primary N) is 1. The summed E-state index contributed by atoms with van der Waals surface area (Å²) in [5.74, 6) is -2.72. The summed E-state index contributed by atoms with van der Waals surface area (Å²) in [5, 5.41) is 4.91. The van der Waals surface area contributed by atoms with E-state index < -0.39 is 29.7 Å². The molecule has 2 aliphatic rings. The highest BCUT2D eigenvalue weighted by Crippen LogP contribution is 2.32. The summed E-state index contributed by atoms with van der Waals surface area (Å²) in [6, 6.07) is 3.53. The van der Waals surface area contributed by atoms with E-state index in [1.807, 2.05) is 0 Å². The molecule has 4 N–H and O–H groups in total. The average molecular weight is 871 g/mol. The molecule has 61 heavy (non-hydrogen) atoms. The van der Waals surface area contributed by atoms with Crippen LogP contribution in [0.1, 0.15) is 59.2 Å². The van der Waals surface area contributed by atoms with Gasteiger partial charge in [-0.25, -0.2) is 0 Å². The van der Waals surface area contributed by atoms with Crippen LogP contribution in [0.2, 0.25) is 0 Å². The van der Waals surface area contributed by atoms with E-state index in [0.717, 1.165) is 17.7 Å². The molecule has 346 valence electrons. The van der Waals surface area contributed by atoms with E-state index in [1.165, 1.54) is 6.07 Å². The fourth-order valence-electron chi connectivity index (χ4n) is 5.88. The van der Waals surface area contributed by atoms with Crippen molar-refractivity contribution < 1.29 is 76.1 Å². The number of carbonyl (C=O) groups is 5. The highest BCUT2D eigenvalue weighted by atomic mass is 16.6. The first-order valence-corrected chi connectivity index (χ1v) is 21.1. The highest BCUT2D eigenvalue weighted by molar-refractivity contribution is 6.26. The lowest BCUT2D eigenvalue weighted by atomic mass is 10.0. The first-order valence-electron chi connectivity index (χ1n) is 21.1. The van der Waals surface area contributed by atoms with Gasteiger partial charge in [0.2, 0.25) is 17.7 Å². The summed E-state index contributed by atoms with van der Waals surface area (Å²) in [6.45, 7) is 11.2. The van der Waals surface area contributed by atoms with Crippen molar-refractivity contribution in [2.75, 3.05) is 157 Å². The zero-order valence-corrected chi connectivity index (χ0v) is 35.4. The Balaban J connectivity index is 0.995. The van der Waals surface area contributed by atoms with Crippen LogP contribution in [0.3, 0.4) is 0 Å². The minimum atomic E-state index is -1.07. The number of hydrogen-bond acceptors (Lipinski definition) is 17. The number of hydrogen-bond donors (Lipinski definition) is 3. The van der Waals surface area contributed by atoms with Gasteiger partial charge in [0.1, 0.15) is 6.04 Å². The molecule has 5 amide bonds. The van der Waals surface area contributed by atoms with Gasteiger partial charge in [0.15, 0.2) is 0 Å². The second-order valence-electron chi connectivity index (χ2n) is 13.6. The molecule has 0 spiro atoms. The summed E-state index contributed by atoms with van der Waals surface area (Å²) in [4.78, 5) is 63.6. The number of nitrogens with one attached hydrogen (secondary N) is 2. The molecule has 1 saturated heterocycles. The van der Waals surface area contributed by atoms with Crippen LogP contribution in [-0.4, -0.2) is 192 Å². The molecule has 1 atom stereocenters. The van der Waals surface area contributed by atoms with Gasteiger partial charge in [-0.1, -0.05) is 12.5 Å². The molecule has 0 radical (unpaired) electrons. The second-order valence-corrected chi connectivity index (χ2v) is 13.6. The molecular formula is C41H66N4O16. The lowest BCUT2D eigenvalue weighted by molar-refractivity contribution is -0.136. The molecular weight excluding hydrogens is 804 g/mol. The van der Waals surface area contributed by atoms with Gasteiger partial charge < -0.3 is 63.2 Å². The SMILES string of the molecule is NCCOCCOCCOCCOCCOCCOCCOCCOCCOCCOCCOCCCCCC(=O)Nc1cccc2c1C(=O)N(C1CCC(=O)NC1=O)C2=O. The van der Waals surface area contributed by atoms with Crippen LogP contribution in [0.5, 0.6) is 0 Å². The number of piperidine rings is 1. The van der Waals surface area contributed by atoms with Gasteiger partial charge in [-0.3, -0.25) is 34.2 Å². The topological polar surface area (TPSA) is 240 Å². The number of imide groups is 2. The van der Waals surface area contributed by atoms with Crippen LogP contribution in [0.25, 0.3) is 0 Å².